The number of methoxy groups -OCH3 is 1. The summed E-state index contributed by atoms with van der Waals surface area (Å²) in [5.41, 5.74) is 0.893. The molecule has 1 atom stereocenters. The number of carbonyl (C=O) groups excluding carboxylic acids is 1. The van der Waals surface area contributed by atoms with Crippen molar-refractivity contribution in [2.75, 3.05) is 13.0 Å². The first-order chi connectivity index (χ1) is 6.29. The van der Waals surface area contributed by atoms with E-state index >= 15 is 0 Å². The molecule has 0 heterocycles. The maximum absolute atomic E-state index is 11.2. The van der Waals surface area contributed by atoms with E-state index in [1.807, 2.05) is 30.3 Å². The third kappa shape index (κ3) is 2.46. The Morgan fingerprint density at radius 2 is 2.08 bits per heavy atom. The highest BCUT2D eigenvalue weighted by atomic mass is 35.5. The van der Waals surface area contributed by atoms with E-state index in [0.29, 0.717) is 0 Å². The largest absolute Gasteiger partial charge is 0.469 e. The average molecular weight is 199 g/mol. The fourth-order valence-electron chi connectivity index (χ4n) is 1.12. The lowest BCUT2D eigenvalue weighted by atomic mass is 10.0. The molecule has 13 heavy (non-hydrogen) atoms. The Labute approximate surface area is 82.5 Å². The summed E-state index contributed by atoms with van der Waals surface area (Å²) in [5.74, 6) is -0.398. The SMILES string of the molecule is COC(=O)C(CCl)c1ccccc1. The summed E-state index contributed by atoms with van der Waals surface area (Å²) in [6.07, 6.45) is 0. The topological polar surface area (TPSA) is 26.3 Å². The van der Waals surface area contributed by atoms with Crippen LogP contribution in [0, 0.1) is 0 Å². The summed E-state index contributed by atoms with van der Waals surface area (Å²) in [4.78, 5) is 11.2. The van der Waals surface area contributed by atoms with Gasteiger partial charge in [-0.05, 0) is 5.56 Å². The lowest BCUT2D eigenvalue weighted by Crippen LogP contribution is -2.15. The van der Waals surface area contributed by atoms with Crippen molar-refractivity contribution >= 4 is 17.6 Å². The van der Waals surface area contributed by atoms with Crippen molar-refractivity contribution < 1.29 is 9.53 Å². The molecule has 3 heteroatoms. The van der Waals surface area contributed by atoms with E-state index in [9.17, 15) is 4.79 Å². The minimum absolute atomic E-state index is 0.247. The molecule has 1 unspecified atom stereocenters. The summed E-state index contributed by atoms with van der Waals surface area (Å²) < 4.78 is 4.63. The summed E-state index contributed by atoms with van der Waals surface area (Å²) in [5, 5.41) is 0. The van der Waals surface area contributed by atoms with Gasteiger partial charge in [0.1, 0.15) is 0 Å². The monoisotopic (exact) mass is 198 g/mol. The van der Waals surface area contributed by atoms with Crippen molar-refractivity contribution in [2.45, 2.75) is 5.92 Å². The molecule has 1 aromatic rings. The van der Waals surface area contributed by atoms with E-state index in [0.717, 1.165) is 5.56 Å². The Morgan fingerprint density at radius 1 is 1.46 bits per heavy atom. The molecule has 0 bridgehead atoms. The molecule has 1 aromatic carbocycles. The third-order valence-corrected chi connectivity index (χ3v) is 2.15. The summed E-state index contributed by atoms with van der Waals surface area (Å²) in [7, 11) is 1.37. The van der Waals surface area contributed by atoms with Gasteiger partial charge in [-0.15, -0.1) is 11.6 Å². The molecule has 0 N–H and O–H groups in total. The normalized spacial score (nSPS) is 12.2. The van der Waals surface area contributed by atoms with Crippen LogP contribution in [-0.2, 0) is 9.53 Å². The van der Waals surface area contributed by atoms with Crippen molar-refractivity contribution in [1.82, 2.24) is 0 Å². The predicted octanol–water partition coefficient (Wildman–Crippen LogP) is 2.18. The molecular weight excluding hydrogens is 188 g/mol. The van der Waals surface area contributed by atoms with Crippen LogP contribution in [0.2, 0.25) is 0 Å². The Bertz CT molecular complexity index is 272. The van der Waals surface area contributed by atoms with Crippen molar-refractivity contribution in [3.63, 3.8) is 0 Å². The van der Waals surface area contributed by atoms with Crippen LogP contribution in [0.25, 0.3) is 0 Å². The number of benzene rings is 1. The smallest absolute Gasteiger partial charge is 0.314 e. The molecular formula is C10H11ClO2. The van der Waals surface area contributed by atoms with Gasteiger partial charge >= 0.3 is 5.97 Å². The summed E-state index contributed by atoms with van der Waals surface area (Å²) >= 11 is 5.67. The third-order valence-electron chi connectivity index (χ3n) is 1.84. The zero-order valence-electron chi connectivity index (χ0n) is 7.37. The van der Waals surface area contributed by atoms with Crippen LogP contribution in [0.3, 0.4) is 0 Å². The standard InChI is InChI=1S/C10H11ClO2/c1-13-10(12)9(7-11)8-5-3-2-4-6-8/h2-6,9H,7H2,1H3. The Hall–Kier alpha value is -1.02. The van der Waals surface area contributed by atoms with Crippen LogP contribution in [0.4, 0.5) is 0 Å². The van der Waals surface area contributed by atoms with E-state index in [-0.39, 0.29) is 17.8 Å². The number of halogens is 1. The van der Waals surface area contributed by atoms with Gasteiger partial charge in [0.05, 0.1) is 13.0 Å². The van der Waals surface area contributed by atoms with Gasteiger partial charge in [0.2, 0.25) is 0 Å². The molecule has 0 spiro atoms. The van der Waals surface area contributed by atoms with Crippen LogP contribution in [0.5, 0.6) is 0 Å². The van der Waals surface area contributed by atoms with Gasteiger partial charge in [-0.2, -0.15) is 0 Å². The number of hydrogen-bond acceptors (Lipinski definition) is 2. The summed E-state index contributed by atoms with van der Waals surface area (Å²) in [6.45, 7) is 0. The summed E-state index contributed by atoms with van der Waals surface area (Å²) in [6, 6.07) is 9.37. The van der Waals surface area contributed by atoms with E-state index in [1.54, 1.807) is 0 Å². The van der Waals surface area contributed by atoms with Crippen LogP contribution in [-0.4, -0.2) is 19.0 Å². The van der Waals surface area contributed by atoms with Crippen LogP contribution < -0.4 is 0 Å². The predicted molar refractivity (Wildman–Crippen MR) is 51.9 cm³/mol. The van der Waals surface area contributed by atoms with Gasteiger partial charge < -0.3 is 4.74 Å². The van der Waals surface area contributed by atoms with Crippen molar-refractivity contribution in [2.24, 2.45) is 0 Å². The first-order valence-electron chi connectivity index (χ1n) is 3.98. The quantitative estimate of drug-likeness (QED) is 0.550. The van der Waals surface area contributed by atoms with Gasteiger partial charge in [-0.3, -0.25) is 4.79 Å². The maximum Gasteiger partial charge on any atom is 0.314 e. The minimum atomic E-state index is -0.354. The number of rotatable bonds is 3. The van der Waals surface area contributed by atoms with E-state index < -0.39 is 0 Å². The minimum Gasteiger partial charge on any atom is -0.469 e. The highest BCUT2D eigenvalue weighted by Gasteiger charge is 2.19. The molecule has 0 fully saturated rings. The molecule has 0 aliphatic carbocycles. The second-order valence-electron chi connectivity index (χ2n) is 2.64. The average Bonchev–Trinajstić information content (AvgIpc) is 2.20. The number of hydrogen-bond donors (Lipinski definition) is 0. The number of carbonyl (C=O) groups is 1. The zero-order chi connectivity index (χ0) is 9.68. The first-order valence-corrected chi connectivity index (χ1v) is 4.51. The number of esters is 1. The molecule has 0 aliphatic heterocycles. The zero-order valence-corrected chi connectivity index (χ0v) is 8.12. The van der Waals surface area contributed by atoms with Crippen molar-refractivity contribution in [3.05, 3.63) is 35.9 Å². The fourth-order valence-corrected chi connectivity index (χ4v) is 1.42. The highest BCUT2D eigenvalue weighted by molar-refractivity contribution is 6.19. The lowest BCUT2D eigenvalue weighted by Gasteiger charge is -2.10. The van der Waals surface area contributed by atoms with Gasteiger partial charge in [-0.1, -0.05) is 30.3 Å². The number of ether oxygens (including phenoxy) is 1. The van der Waals surface area contributed by atoms with Crippen LogP contribution in [0.15, 0.2) is 30.3 Å². The van der Waals surface area contributed by atoms with E-state index in [4.69, 9.17) is 11.6 Å². The van der Waals surface area contributed by atoms with E-state index in [1.165, 1.54) is 7.11 Å². The van der Waals surface area contributed by atoms with Crippen LogP contribution >= 0.6 is 11.6 Å². The maximum atomic E-state index is 11.2. The molecule has 1 rings (SSSR count). The number of alkyl halides is 1. The molecule has 0 amide bonds. The van der Waals surface area contributed by atoms with Crippen molar-refractivity contribution in [1.29, 1.82) is 0 Å². The molecule has 0 saturated heterocycles. The Kier molecular flexibility index (Phi) is 3.77. The van der Waals surface area contributed by atoms with Gasteiger partial charge in [0.15, 0.2) is 0 Å². The second-order valence-corrected chi connectivity index (χ2v) is 2.95. The Morgan fingerprint density at radius 3 is 2.54 bits per heavy atom. The first kappa shape index (κ1) is 10.1. The molecule has 0 saturated carbocycles. The van der Waals surface area contributed by atoms with Gasteiger partial charge in [0, 0.05) is 5.88 Å². The molecule has 0 aromatic heterocycles. The molecule has 0 radical (unpaired) electrons. The van der Waals surface area contributed by atoms with Gasteiger partial charge in [-0.25, -0.2) is 0 Å². The van der Waals surface area contributed by atoms with Crippen molar-refractivity contribution in [3.8, 4) is 0 Å². The van der Waals surface area contributed by atoms with Crippen LogP contribution in [0.1, 0.15) is 11.5 Å². The Balaban J connectivity index is 2.85. The second kappa shape index (κ2) is 4.87. The lowest BCUT2D eigenvalue weighted by molar-refractivity contribution is -0.141. The molecule has 70 valence electrons. The molecule has 2 nitrogen and oxygen atoms in total. The van der Waals surface area contributed by atoms with Gasteiger partial charge in [0.25, 0.3) is 0 Å². The van der Waals surface area contributed by atoms with E-state index in [2.05, 4.69) is 4.74 Å². The fraction of sp³-hybridized carbons (Fsp3) is 0.300. The molecule has 0 aliphatic rings. The highest BCUT2D eigenvalue weighted by Crippen LogP contribution is 2.18.